The number of nitrogens with zero attached hydrogens (tertiary/aromatic N) is 8. The van der Waals surface area contributed by atoms with Crippen LogP contribution in [-0.2, 0) is 70.2 Å². The molecule has 0 spiro atoms. The summed E-state index contributed by atoms with van der Waals surface area (Å²) in [6.07, 6.45) is 2.16. The van der Waals surface area contributed by atoms with Gasteiger partial charge in [-0.1, -0.05) is 24.3 Å². The Balaban J connectivity index is 0.00000903. The zero-order valence-electron chi connectivity index (χ0n) is 39.2. The van der Waals surface area contributed by atoms with E-state index in [-0.39, 0.29) is 128 Å². The summed E-state index contributed by atoms with van der Waals surface area (Å²) in [6, 6.07) is 11.0. The molecule has 2 aromatic heterocycles. The fraction of sp³-hybridized carbons (Fsp3) is 0.200. The van der Waals surface area contributed by atoms with E-state index in [0.717, 1.165) is 36.4 Å². The summed E-state index contributed by atoms with van der Waals surface area (Å²) in [5, 5.41) is 10.5. The van der Waals surface area contributed by atoms with Crippen molar-refractivity contribution in [3.8, 4) is 0 Å². The van der Waals surface area contributed by atoms with Gasteiger partial charge in [0.1, 0.15) is 19.6 Å². The van der Waals surface area contributed by atoms with Gasteiger partial charge in [0.05, 0.1) is 47.6 Å². The van der Waals surface area contributed by atoms with Crippen LogP contribution in [0.15, 0.2) is 102 Å². The predicted molar refractivity (Wildman–Crippen MR) is 280 cm³/mol. The van der Waals surface area contributed by atoms with Crippen molar-refractivity contribution >= 4 is 161 Å². The predicted octanol–water partition coefficient (Wildman–Crippen LogP) is 1.71. The van der Waals surface area contributed by atoms with Gasteiger partial charge < -0.3 is 40.5 Å². The minimum absolute atomic E-state index is 0. The molecule has 0 aliphatic carbocycles. The van der Waals surface area contributed by atoms with Gasteiger partial charge in [-0.15, -0.1) is 0 Å². The average Bonchev–Trinajstić information content (AvgIpc) is 3.35. The van der Waals surface area contributed by atoms with Crippen molar-refractivity contribution < 1.29 is 87.3 Å². The summed E-state index contributed by atoms with van der Waals surface area (Å²) in [4.78, 5) is 24.1. The fourth-order valence-corrected chi connectivity index (χ4v) is 11.1. The summed E-state index contributed by atoms with van der Waals surface area (Å²) in [6.45, 7) is 1.87. The molecule has 0 unspecified atom stereocenters. The summed E-state index contributed by atoms with van der Waals surface area (Å²) in [5.74, 6) is -1.72. The molecule has 4 heterocycles. The molecule has 2 fully saturated rings. The molecule has 32 nitrogen and oxygen atoms in total. The van der Waals surface area contributed by atoms with Gasteiger partial charge in [0.2, 0.25) is 35.7 Å². The van der Waals surface area contributed by atoms with Crippen LogP contribution in [-0.4, -0.2) is 190 Å². The SMILES string of the molecule is O=S(=O)(O)c1ccc(S(=O)(=O)O)c(Nc2nc(Nc3ccc(C=Cc4ccc(Nc5nc(Nc6cc(S(=O)(=O)O)ccc6S(=O)(=O)O)nc(N6CCOCC6)n5)cc4S(=O)(=O)O)c(S(=O)(=O)O)c3)nc(N3CCOCC3)n2)c1.[NaH]. The van der Waals surface area contributed by atoms with Crippen molar-refractivity contribution in [3.63, 3.8) is 0 Å². The van der Waals surface area contributed by atoms with Gasteiger partial charge in [0, 0.05) is 37.6 Å². The summed E-state index contributed by atoms with van der Waals surface area (Å²) in [7, 11) is -30.1. The van der Waals surface area contributed by atoms with E-state index < -0.39 is 113 Å². The molecular formula is C40H41N12NaO20S6. The second-order valence-electron chi connectivity index (χ2n) is 16.3. The van der Waals surface area contributed by atoms with E-state index in [0.29, 0.717) is 24.3 Å². The van der Waals surface area contributed by atoms with E-state index >= 15 is 0 Å². The molecule has 2 saturated heterocycles. The number of nitrogens with one attached hydrogen (secondary N) is 4. The molecule has 418 valence electrons. The first-order valence-corrected chi connectivity index (χ1v) is 30.4. The molecule has 6 aromatic rings. The molecular weight excluding hydrogens is 1180 g/mol. The number of anilines is 10. The third kappa shape index (κ3) is 15.4. The maximum atomic E-state index is 12.9. The molecule has 0 amide bonds. The first kappa shape index (κ1) is 60.5. The topological polar surface area (TPSA) is 477 Å². The maximum absolute atomic E-state index is 12.9. The standard InChI is InChI=1S/C40H40N12O20S6.Na.H/c53-73(54,55)27-7-9-31(75(59,60)61)29(21-27)43-37-45-35(47-39(49-37)51-11-15-71-16-12-51)41-25-5-3-23(33(19-25)77(65,66)67)1-2-24-4-6-26(20-34(24)78(68,69)70)42-36-46-38(50-40(48-36)52-13-17-72-18-14-52)44-30-22-28(74(56,57)58)8-10-32(30)76(62,63)64;;/h1-10,19-22H,11-18H2,(H,53,54,55)(H,56,57,58)(H,59,60,61)(H,62,63,64)(H,65,66,67)(H,68,69,70)(H2,41,43,45,47,49)(H2,42,44,46,48,50);;. The first-order valence-electron chi connectivity index (χ1n) is 21.7. The number of aromatic nitrogens is 6. The van der Waals surface area contributed by atoms with Gasteiger partial charge >= 0.3 is 29.6 Å². The Morgan fingerprint density at radius 1 is 0.392 bits per heavy atom. The Bertz CT molecular complexity index is 3840. The van der Waals surface area contributed by atoms with Gasteiger partial charge in [0.25, 0.3) is 60.7 Å². The van der Waals surface area contributed by atoms with Crippen LogP contribution in [0.2, 0.25) is 0 Å². The molecule has 0 bridgehead atoms. The number of rotatable bonds is 18. The van der Waals surface area contributed by atoms with E-state index in [1.807, 2.05) is 0 Å². The molecule has 8 rings (SSSR count). The molecule has 2 aliphatic rings. The number of morpholine rings is 2. The van der Waals surface area contributed by atoms with Crippen molar-refractivity contribution in [3.05, 3.63) is 83.9 Å². The number of benzene rings is 4. The van der Waals surface area contributed by atoms with Crippen LogP contribution in [0.25, 0.3) is 12.2 Å². The van der Waals surface area contributed by atoms with Crippen molar-refractivity contribution in [2.24, 2.45) is 0 Å². The van der Waals surface area contributed by atoms with Crippen molar-refractivity contribution in [2.75, 3.05) is 83.7 Å². The van der Waals surface area contributed by atoms with Crippen LogP contribution in [0.5, 0.6) is 0 Å². The van der Waals surface area contributed by atoms with Crippen LogP contribution in [0.3, 0.4) is 0 Å². The summed E-state index contributed by atoms with van der Waals surface area (Å²) >= 11 is 0. The Morgan fingerprint density at radius 2 is 0.709 bits per heavy atom. The number of hydrogen-bond donors (Lipinski definition) is 10. The Kier molecular flexibility index (Phi) is 18.0. The van der Waals surface area contributed by atoms with E-state index in [9.17, 15) is 77.8 Å². The van der Waals surface area contributed by atoms with Gasteiger partial charge in [-0.25, -0.2) is 0 Å². The van der Waals surface area contributed by atoms with Crippen LogP contribution in [0.1, 0.15) is 11.1 Å². The van der Waals surface area contributed by atoms with Crippen LogP contribution in [0.4, 0.5) is 58.4 Å². The second-order valence-corrected chi connectivity index (χ2v) is 24.7. The third-order valence-electron chi connectivity index (χ3n) is 10.9. The van der Waals surface area contributed by atoms with Gasteiger partial charge in [-0.3, -0.25) is 27.3 Å². The zero-order chi connectivity index (χ0) is 56.6. The van der Waals surface area contributed by atoms with Gasteiger partial charge in [0.15, 0.2) is 0 Å². The second kappa shape index (κ2) is 23.5. The van der Waals surface area contributed by atoms with E-state index in [1.165, 1.54) is 24.3 Å². The minimum atomic E-state index is -5.12. The molecule has 10 N–H and O–H groups in total. The van der Waals surface area contributed by atoms with Crippen LogP contribution in [0, 0.1) is 0 Å². The normalized spacial score (nSPS) is 14.9. The van der Waals surface area contributed by atoms with E-state index in [2.05, 4.69) is 51.2 Å². The quantitative estimate of drug-likeness (QED) is 0.0332. The molecule has 0 atom stereocenters. The van der Waals surface area contributed by atoms with Gasteiger partial charge in [-0.05, 0) is 71.8 Å². The Hall–Kier alpha value is -6.18. The monoisotopic (exact) mass is 1220 g/mol. The molecule has 39 heteroatoms. The number of ether oxygens (including phenoxy) is 2. The van der Waals surface area contributed by atoms with E-state index in [4.69, 9.17) is 9.47 Å². The van der Waals surface area contributed by atoms with Crippen molar-refractivity contribution in [2.45, 2.75) is 29.4 Å². The molecule has 79 heavy (non-hydrogen) atoms. The Morgan fingerprint density at radius 3 is 1.01 bits per heavy atom. The van der Waals surface area contributed by atoms with Crippen molar-refractivity contribution in [1.29, 1.82) is 0 Å². The van der Waals surface area contributed by atoms with Crippen LogP contribution >= 0.6 is 0 Å². The molecule has 2 aliphatic heterocycles. The van der Waals surface area contributed by atoms with Crippen molar-refractivity contribution in [1.82, 2.24) is 29.9 Å². The zero-order valence-corrected chi connectivity index (χ0v) is 44.1. The summed E-state index contributed by atoms with van der Waals surface area (Å²) in [5.41, 5.74) is -1.89. The van der Waals surface area contributed by atoms with Gasteiger partial charge in [-0.2, -0.15) is 80.4 Å². The fourth-order valence-electron chi connectivity index (χ4n) is 7.37. The summed E-state index contributed by atoms with van der Waals surface area (Å²) < 4.78 is 219. The number of hydrogen-bond acceptors (Lipinski definition) is 26. The average molecular weight is 1230 g/mol. The first-order chi connectivity index (χ1) is 36.4. The van der Waals surface area contributed by atoms with Crippen LogP contribution < -0.4 is 31.1 Å². The Labute approximate surface area is 471 Å². The molecule has 0 radical (unpaired) electrons. The third-order valence-corrected chi connectivity index (χ3v) is 16.3. The molecule has 0 saturated carbocycles. The molecule has 4 aromatic carbocycles. The van der Waals surface area contributed by atoms with E-state index in [1.54, 1.807) is 9.80 Å².